The van der Waals surface area contributed by atoms with Crippen molar-refractivity contribution < 1.29 is 4.79 Å². The molecule has 0 spiro atoms. The number of nitrogens with one attached hydrogen (secondary N) is 2. The molecular weight excluding hydrogens is 284 g/mol. The molecule has 0 aliphatic rings. The predicted octanol–water partition coefficient (Wildman–Crippen LogP) is 2.86. The summed E-state index contributed by atoms with van der Waals surface area (Å²) < 4.78 is 0. The first kappa shape index (κ1) is 13.8. The quantitative estimate of drug-likeness (QED) is 0.910. The number of hydrogen-bond donors (Lipinski definition) is 2. The Morgan fingerprint density at radius 1 is 1.37 bits per heavy atom. The molecule has 1 heterocycles. The van der Waals surface area contributed by atoms with Crippen LogP contribution >= 0.6 is 22.9 Å². The van der Waals surface area contributed by atoms with E-state index in [0.29, 0.717) is 10.2 Å². The zero-order valence-electron chi connectivity index (χ0n) is 10.5. The molecule has 1 amide bonds. The third-order valence-corrected chi connectivity index (χ3v) is 3.56. The second-order valence-corrected chi connectivity index (χ2v) is 5.58. The van der Waals surface area contributed by atoms with E-state index in [2.05, 4.69) is 20.8 Å². The fraction of sp³-hybridized carbons (Fsp3) is 0.250. The summed E-state index contributed by atoms with van der Waals surface area (Å²) in [7, 11) is 0. The van der Waals surface area contributed by atoms with Crippen molar-refractivity contribution in [2.75, 3.05) is 17.2 Å². The maximum atomic E-state index is 11.7. The highest BCUT2D eigenvalue weighted by Crippen LogP contribution is 2.19. The smallest absolute Gasteiger partial charge is 0.245 e. The molecular formula is C12H13ClN4OS. The lowest BCUT2D eigenvalue weighted by Crippen LogP contribution is -2.21. The van der Waals surface area contributed by atoms with Gasteiger partial charge in [0.2, 0.25) is 11.0 Å². The second kappa shape index (κ2) is 5.99. The highest BCUT2D eigenvalue weighted by molar-refractivity contribution is 7.15. The minimum atomic E-state index is -0.173. The highest BCUT2D eigenvalue weighted by Gasteiger charge is 2.06. The molecule has 0 radical (unpaired) electrons. The molecule has 100 valence electrons. The Bertz CT molecular complexity index is 599. The molecule has 0 aliphatic heterocycles. The van der Waals surface area contributed by atoms with Crippen molar-refractivity contribution in [3.8, 4) is 0 Å². The van der Waals surface area contributed by atoms with Gasteiger partial charge in [0.25, 0.3) is 0 Å². The summed E-state index contributed by atoms with van der Waals surface area (Å²) in [6, 6.07) is 5.57. The molecule has 19 heavy (non-hydrogen) atoms. The molecule has 5 nitrogen and oxygen atoms in total. The van der Waals surface area contributed by atoms with Crippen LogP contribution in [0.2, 0.25) is 5.02 Å². The number of carbonyl (C=O) groups excluding carboxylic acids is 1. The maximum Gasteiger partial charge on any atom is 0.245 e. The Labute approximate surface area is 120 Å². The Balaban J connectivity index is 1.88. The molecule has 2 rings (SSSR count). The summed E-state index contributed by atoms with van der Waals surface area (Å²) in [5, 5.41) is 15.3. The zero-order valence-corrected chi connectivity index (χ0v) is 12.1. The van der Waals surface area contributed by atoms with Gasteiger partial charge < -0.3 is 5.32 Å². The minimum absolute atomic E-state index is 0.151. The monoisotopic (exact) mass is 296 g/mol. The van der Waals surface area contributed by atoms with Crippen molar-refractivity contribution in [2.45, 2.75) is 13.8 Å². The van der Waals surface area contributed by atoms with Crippen molar-refractivity contribution in [3.63, 3.8) is 0 Å². The van der Waals surface area contributed by atoms with Gasteiger partial charge in [0, 0.05) is 10.7 Å². The minimum Gasteiger partial charge on any atom is -0.376 e. The van der Waals surface area contributed by atoms with Crippen LogP contribution in [0.15, 0.2) is 18.2 Å². The number of carbonyl (C=O) groups is 1. The van der Waals surface area contributed by atoms with E-state index in [-0.39, 0.29) is 12.5 Å². The first-order valence-electron chi connectivity index (χ1n) is 5.64. The third kappa shape index (κ3) is 3.90. The largest absolute Gasteiger partial charge is 0.376 e. The SMILES string of the molecule is Cc1nnc(NC(=O)CNc2ccc(C)c(Cl)c2)s1. The maximum absolute atomic E-state index is 11.7. The molecule has 0 saturated carbocycles. The summed E-state index contributed by atoms with van der Waals surface area (Å²) in [6.45, 7) is 3.91. The summed E-state index contributed by atoms with van der Waals surface area (Å²) >= 11 is 7.34. The third-order valence-electron chi connectivity index (χ3n) is 2.40. The van der Waals surface area contributed by atoms with E-state index in [1.807, 2.05) is 26.0 Å². The lowest BCUT2D eigenvalue weighted by atomic mass is 10.2. The number of anilines is 2. The van der Waals surface area contributed by atoms with Crippen LogP contribution in [0.3, 0.4) is 0 Å². The fourth-order valence-electron chi connectivity index (χ4n) is 1.40. The number of hydrogen-bond acceptors (Lipinski definition) is 5. The number of nitrogens with zero attached hydrogens (tertiary/aromatic N) is 2. The van der Waals surface area contributed by atoms with Crippen LogP contribution in [0, 0.1) is 13.8 Å². The molecule has 0 saturated heterocycles. The first-order chi connectivity index (χ1) is 9.04. The average molecular weight is 297 g/mol. The van der Waals surface area contributed by atoms with Gasteiger partial charge in [-0.15, -0.1) is 10.2 Å². The fourth-order valence-corrected chi connectivity index (χ4v) is 2.18. The Morgan fingerprint density at radius 2 is 2.16 bits per heavy atom. The Morgan fingerprint density at radius 3 is 2.79 bits per heavy atom. The van der Waals surface area contributed by atoms with E-state index < -0.39 is 0 Å². The van der Waals surface area contributed by atoms with E-state index in [9.17, 15) is 4.79 Å². The standard InChI is InChI=1S/C12H13ClN4OS/c1-7-3-4-9(5-10(7)13)14-6-11(18)15-12-17-16-8(2)19-12/h3-5,14H,6H2,1-2H3,(H,15,17,18). The first-order valence-corrected chi connectivity index (χ1v) is 6.84. The van der Waals surface area contributed by atoms with Crippen LogP contribution in [-0.2, 0) is 4.79 Å². The van der Waals surface area contributed by atoms with E-state index in [1.165, 1.54) is 11.3 Å². The molecule has 0 fully saturated rings. The number of halogens is 1. The Hall–Kier alpha value is -1.66. The highest BCUT2D eigenvalue weighted by atomic mass is 35.5. The number of benzene rings is 1. The topological polar surface area (TPSA) is 66.9 Å². The lowest BCUT2D eigenvalue weighted by molar-refractivity contribution is -0.114. The lowest BCUT2D eigenvalue weighted by Gasteiger charge is -2.07. The van der Waals surface area contributed by atoms with Crippen molar-refractivity contribution >= 4 is 39.7 Å². The van der Waals surface area contributed by atoms with Gasteiger partial charge in [0.15, 0.2) is 0 Å². The van der Waals surface area contributed by atoms with Gasteiger partial charge in [-0.25, -0.2) is 0 Å². The molecule has 7 heteroatoms. The number of aromatic nitrogens is 2. The van der Waals surface area contributed by atoms with Crippen LogP contribution in [-0.4, -0.2) is 22.6 Å². The summed E-state index contributed by atoms with van der Waals surface area (Å²) in [5.41, 5.74) is 1.81. The van der Waals surface area contributed by atoms with E-state index in [4.69, 9.17) is 11.6 Å². The van der Waals surface area contributed by atoms with E-state index >= 15 is 0 Å². The Kier molecular flexibility index (Phi) is 4.34. The molecule has 0 aliphatic carbocycles. The predicted molar refractivity (Wildman–Crippen MR) is 78.0 cm³/mol. The summed E-state index contributed by atoms with van der Waals surface area (Å²) in [4.78, 5) is 11.7. The van der Waals surface area contributed by atoms with Gasteiger partial charge in [0.05, 0.1) is 6.54 Å². The number of aryl methyl sites for hydroxylation is 2. The van der Waals surface area contributed by atoms with E-state index in [0.717, 1.165) is 16.3 Å². The summed E-state index contributed by atoms with van der Waals surface area (Å²) in [5.74, 6) is -0.173. The van der Waals surface area contributed by atoms with Crippen LogP contribution in [0.5, 0.6) is 0 Å². The van der Waals surface area contributed by atoms with Crippen LogP contribution < -0.4 is 10.6 Å². The molecule has 1 aromatic carbocycles. The number of amides is 1. The second-order valence-electron chi connectivity index (χ2n) is 3.99. The van der Waals surface area contributed by atoms with Gasteiger partial charge >= 0.3 is 0 Å². The van der Waals surface area contributed by atoms with Gasteiger partial charge in [-0.05, 0) is 31.5 Å². The normalized spacial score (nSPS) is 10.3. The van der Waals surface area contributed by atoms with Crippen molar-refractivity contribution in [1.82, 2.24) is 10.2 Å². The molecule has 2 N–H and O–H groups in total. The van der Waals surface area contributed by atoms with Gasteiger partial charge in [-0.2, -0.15) is 0 Å². The molecule has 2 aromatic rings. The van der Waals surface area contributed by atoms with Gasteiger partial charge in [-0.1, -0.05) is 29.0 Å². The van der Waals surface area contributed by atoms with Crippen molar-refractivity contribution in [3.05, 3.63) is 33.8 Å². The molecule has 1 aromatic heterocycles. The molecule has 0 bridgehead atoms. The zero-order chi connectivity index (χ0) is 13.8. The number of rotatable bonds is 4. The van der Waals surface area contributed by atoms with Crippen LogP contribution in [0.4, 0.5) is 10.8 Å². The van der Waals surface area contributed by atoms with E-state index in [1.54, 1.807) is 6.07 Å². The molecule has 0 unspecified atom stereocenters. The van der Waals surface area contributed by atoms with Gasteiger partial charge in [-0.3, -0.25) is 10.1 Å². The average Bonchev–Trinajstić information content (AvgIpc) is 2.76. The van der Waals surface area contributed by atoms with Crippen LogP contribution in [0.1, 0.15) is 10.6 Å². The van der Waals surface area contributed by atoms with Crippen molar-refractivity contribution in [2.24, 2.45) is 0 Å². The van der Waals surface area contributed by atoms with Crippen molar-refractivity contribution in [1.29, 1.82) is 0 Å². The van der Waals surface area contributed by atoms with Crippen LogP contribution in [0.25, 0.3) is 0 Å². The summed E-state index contributed by atoms with van der Waals surface area (Å²) in [6.07, 6.45) is 0. The van der Waals surface area contributed by atoms with Gasteiger partial charge in [0.1, 0.15) is 5.01 Å². The molecule has 0 atom stereocenters.